The Bertz CT molecular complexity index is 1070. The highest BCUT2D eigenvalue weighted by Gasteiger charge is 2.36. The summed E-state index contributed by atoms with van der Waals surface area (Å²) in [5.41, 5.74) is 2.26. The highest BCUT2D eigenvalue weighted by Crippen LogP contribution is 2.40. The third-order valence-corrected chi connectivity index (χ3v) is 5.61. The summed E-state index contributed by atoms with van der Waals surface area (Å²) >= 11 is 6.02. The summed E-state index contributed by atoms with van der Waals surface area (Å²) in [6.07, 6.45) is 3.42. The number of rotatable bonds is 10. The van der Waals surface area contributed by atoms with Gasteiger partial charge in [-0.1, -0.05) is 29.8 Å². The fourth-order valence-corrected chi connectivity index (χ4v) is 4.00. The van der Waals surface area contributed by atoms with Crippen molar-refractivity contribution >= 4 is 23.5 Å². The van der Waals surface area contributed by atoms with Crippen molar-refractivity contribution < 1.29 is 28.5 Å². The predicted molar refractivity (Wildman–Crippen MR) is 133 cm³/mol. The van der Waals surface area contributed by atoms with Crippen LogP contribution >= 0.6 is 11.6 Å². The van der Waals surface area contributed by atoms with Crippen molar-refractivity contribution in [1.29, 1.82) is 0 Å². The van der Waals surface area contributed by atoms with Gasteiger partial charge in [-0.25, -0.2) is 9.59 Å². The van der Waals surface area contributed by atoms with Crippen molar-refractivity contribution in [3.8, 4) is 11.5 Å². The van der Waals surface area contributed by atoms with Gasteiger partial charge in [-0.3, -0.25) is 0 Å². The van der Waals surface area contributed by atoms with Crippen molar-refractivity contribution in [3.05, 3.63) is 82.2 Å². The van der Waals surface area contributed by atoms with Gasteiger partial charge in [-0.2, -0.15) is 0 Å². The Balaban J connectivity index is 2.11. The fraction of sp³-hybridized carbons (Fsp3) is 0.333. The summed E-state index contributed by atoms with van der Waals surface area (Å²) in [5.74, 6) is -0.663. The Morgan fingerprint density at radius 1 is 0.857 bits per heavy atom. The van der Waals surface area contributed by atoms with Gasteiger partial charge < -0.3 is 23.8 Å². The maximum Gasteiger partial charge on any atom is 0.336 e. The van der Waals surface area contributed by atoms with Crippen LogP contribution in [0.2, 0.25) is 5.02 Å². The lowest BCUT2D eigenvalue weighted by molar-refractivity contribution is -0.139. The molecule has 7 nitrogen and oxygen atoms in total. The number of carbonyl (C=O) groups is 2. The maximum absolute atomic E-state index is 13.1. The SMILES string of the molecule is CCOC(=O)C1=CN(Cc2ccc(Cl)cc2)C=C(C(=O)OCC)C1c1ccc(OCC)c(OC)c1. The molecule has 3 rings (SSSR count). The molecule has 35 heavy (non-hydrogen) atoms. The largest absolute Gasteiger partial charge is 0.493 e. The van der Waals surface area contributed by atoms with E-state index in [1.165, 1.54) is 0 Å². The molecular weight excluding hydrogens is 470 g/mol. The van der Waals surface area contributed by atoms with Crippen molar-refractivity contribution in [2.75, 3.05) is 26.9 Å². The normalized spacial score (nSPS) is 13.6. The third kappa shape index (κ3) is 6.36. The average molecular weight is 500 g/mol. The molecule has 0 saturated carbocycles. The van der Waals surface area contributed by atoms with Gasteiger partial charge in [0.2, 0.25) is 0 Å². The average Bonchev–Trinajstić information content (AvgIpc) is 2.85. The lowest BCUT2D eigenvalue weighted by atomic mass is 9.83. The summed E-state index contributed by atoms with van der Waals surface area (Å²) in [7, 11) is 1.54. The molecule has 8 heteroatoms. The Morgan fingerprint density at radius 3 is 1.97 bits per heavy atom. The van der Waals surface area contributed by atoms with Crippen LogP contribution < -0.4 is 9.47 Å². The number of nitrogens with zero attached hydrogens (tertiary/aromatic N) is 1. The number of benzene rings is 2. The number of ether oxygens (including phenoxy) is 4. The van der Waals surface area contributed by atoms with E-state index in [0.29, 0.717) is 46.4 Å². The Kier molecular flexibility index (Phi) is 9.20. The molecule has 2 aromatic carbocycles. The standard InChI is InChI=1S/C27H30ClNO6/c1-5-33-23-13-10-19(14-24(23)32-4)25-21(26(30)34-6-2)16-29(17-22(25)27(31)35-7-3)15-18-8-11-20(28)12-9-18/h8-14,16-17,25H,5-7,15H2,1-4H3. The molecule has 0 amide bonds. The monoisotopic (exact) mass is 499 g/mol. The highest BCUT2D eigenvalue weighted by atomic mass is 35.5. The van der Waals surface area contributed by atoms with Gasteiger partial charge >= 0.3 is 11.9 Å². The number of hydrogen-bond donors (Lipinski definition) is 0. The molecule has 0 saturated heterocycles. The predicted octanol–water partition coefficient (Wildman–Crippen LogP) is 5.24. The smallest absolute Gasteiger partial charge is 0.336 e. The van der Waals surface area contributed by atoms with Crippen LogP contribution in [0.3, 0.4) is 0 Å². The van der Waals surface area contributed by atoms with Gasteiger partial charge in [-0.05, 0) is 56.2 Å². The van der Waals surface area contributed by atoms with E-state index in [2.05, 4.69) is 0 Å². The lowest BCUT2D eigenvalue weighted by Gasteiger charge is -2.30. The maximum atomic E-state index is 13.1. The lowest BCUT2D eigenvalue weighted by Crippen LogP contribution is -2.29. The second-order valence-electron chi connectivity index (χ2n) is 7.68. The van der Waals surface area contributed by atoms with E-state index < -0.39 is 17.9 Å². The summed E-state index contributed by atoms with van der Waals surface area (Å²) in [6, 6.07) is 12.7. The van der Waals surface area contributed by atoms with E-state index in [0.717, 1.165) is 5.56 Å². The molecule has 0 aliphatic carbocycles. The van der Waals surface area contributed by atoms with E-state index in [1.807, 2.05) is 25.1 Å². The number of carbonyl (C=O) groups excluding carboxylic acids is 2. The first-order valence-corrected chi connectivity index (χ1v) is 11.9. The zero-order valence-electron chi connectivity index (χ0n) is 20.4. The molecule has 186 valence electrons. The second kappa shape index (κ2) is 12.3. The zero-order chi connectivity index (χ0) is 25.4. The topological polar surface area (TPSA) is 74.3 Å². The molecule has 0 N–H and O–H groups in total. The molecule has 1 heterocycles. The van der Waals surface area contributed by atoms with Crippen molar-refractivity contribution in [2.45, 2.75) is 33.2 Å². The first-order valence-electron chi connectivity index (χ1n) is 11.5. The molecule has 0 aromatic heterocycles. The number of esters is 2. The fourth-order valence-electron chi connectivity index (χ4n) is 3.87. The molecule has 0 bridgehead atoms. The van der Waals surface area contributed by atoms with Crippen molar-refractivity contribution in [2.24, 2.45) is 0 Å². The van der Waals surface area contributed by atoms with Crippen LogP contribution in [0.25, 0.3) is 0 Å². The van der Waals surface area contributed by atoms with Crippen molar-refractivity contribution in [3.63, 3.8) is 0 Å². The Labute approximate surface area is 210 Å². The molecule has 0 atom stereocenters. The Hall–Kier alpha value is -3.45. The van der Waals surface area contributed by atoms with Gasteiger partial charge in [0.15, 0.2) is 11.5 Å². The van der Waals surface area contributed by atoms with E-state index in [-0.39, 0.29) is 13.2 Å². The molecule has 0 radical (unpaired) electrons. The molecule has 0 fully saturated rings. The first kappa shape index (κ1) is 26.2. The third-order valence-electron chi connectivity index (χ3n) is 5.35. The van der Waals surface area contributed by atoms with Crippen molar-refractivity contribution in [1.82, 2.24) is 4.90 Å². The molecular formula is C27H30ClNO6. The second-order valence-corrected chi connectivity index (χ2v) is 8.12. The minimum absolute atomic E-state index is 0.200. The molecule has 2 aromatic rings. The van der Waals surface area contributed by atoms with Crippen LogP contribution in [0.15, 0.2) is 66.0 Å². The quantitative estimate of drug-likeness (QED) is 0.414. The van der Waals surface area contributed by atoms with Gasteiger partial charge in [-0.15, -0.1) is 0 Å². The van der Waals surface area contributed by atoms with Gasteiger partial charge in [0.25, 0.3) is 0 Å². The zero-order valence-corrected chi connectivity index (χ0v) is 21.1. The molecule has 1 aliphatic rings. The van der Waals surface area contributed by atoms with E-state index in [9.17, 15) is 9.59 Å². The molecule has 1 aliphatic heterocycles. The minimum Gasteiger partial charge on any atom is -0.493 e. The molecule has 0 spiro atoms. The summed E-state index contributed by atoms with van der Waals surface area (Å²) in [5, 5.41) is 0.627. The van der Waals surface area contributed by atoms with Crippen LogP contribution in [-0.2, 0) is 25.6 Å². The number of methoxy groups -OCH3 is 1. The highest BCUT2D eigenvalue weighted by molar-refractivity contribution is 6.30. The first-order chi connectivity index (χ1) is 16.9. The van der Waals surface area contributed by atoms with E-state index >= 15 is 0 Å². The van der Waals surface area contributed by atoms with Gasteiger partial charge in [0, 0.05) is 24.0 Å². The van der Waals surface area contributed by atoms with E-state index in [1.54, 1.807) is 62.5 Å². The van der Waals surface area contributed by atoms with E-state index in [4.69, 9.17) is 30.5 Å². The molecule has 0 unspecified atom stereocenters. The minimum atomic E-state index is -0.709. The van der Waals surface area contributed by atoms with Crippen LogP contribution in [-0.4, -0.2) is 43.8 Å². The number of halogens is 1. The summed E-state index contributed by atoms with van der Waals surface area (Å²) in [6.45, 7) is 6.65. The van der Waals surface area contributed by atoms with Crippen LogP contribution in [0.5, 0.6) is 11.5 Å². The summed E-state index contributed by atoms with van der Waals surface area (Å²) < 4.78 is 21.9. The van der Waals surface area contributed by atoms with Crippen LogP contribution in [0.1, 0.15) is 37.8 Å². The van der Waals surface area contributed by atoms with Gasteiger partial charge in [0.05, 0.1) is 44.0 Å². The number of hydrogen-bond acceptors (Lipinski definition) is 7. The van der Waals surface area contributed by atoms with Gasteiger partial charge in [0.1, 0.15) is 0 Å². The van der Waals surface area contributed by atoms with Crippen LogP contribution in [0.4, 0.5) is 0 Å². The Morgan fingerprint density at radius 2 is 1.46 bits per heavy atom. The van der Waals surface area contributed by atoms with Crippen LogP contribution in [0, 0.1) is 0 Å². The summed E-state index contributed by atoms with van der Waals surface area (Å²) in [4.78, 5) is 28.0.